The van der Waals surface area contributed by atoms with Crippen LogP contribution in [0.4, 0.5) is 13.2 Å². The predicted octanol–water partition coefficient (Wildman–Crippen LogP) is 3.22. The van der Waals surface area contributed by atoms with Crippen LogP contribution in [0.1, 0.15) is 24.2 Å². The van der Waals surface area contributed by atoms with E-state index >= 15 is 0 Å². The number of aryl methyl sites for hydroxylation is 1. The molecule has 0 fully saturated rings. The van der Waals surface area contributed by atoms with Crippen LogP contribution in [0, 0.1) is 0 Å². The zero-order valence-electron chi connectivity index (χ0n) is 14.5. The molecule has 1 atom stereocenters. The molecular weight excluding hydrogens is 381 g/mol. The number of amides is 1. The molecule has 3 aromatic rings. The number of carbonyl (C=O) groups excluding carboxylic acids is 1. The first kappa shape index (κ1) is 19.3. The van der Waals surface area contributed by atoms with Gasteiger partial charge in [-0.3, -0.25) is 4.79 Å². The van der Waals surface area contributed by atoms with Crippen molar-refractivity contribution in [1.29, 1.82) is 0 Å². The van der Waals surface area contributed by atoms with Crippen LogP contribution in [0.5, 0.6) is 0 Å². The lowest BCUT2D eigenvalue weighted by Crippen LogP contribution is -2.51. The zero-order chi connectivity index (χ0) is 19.8. The SMILES string of the molecule is CCn1ncc2c(C(=O)NCC(C)(O)C(F)(F)F)cc(-c3cccs3)nc21. The second kappa shape index (κ2) is 6.93. The van der Waals surface area contributed by atoms with E-state index in [0.29, 0.717) is 30.2 Å². The number of nitrogens with zero attached hydrogens (tertiary/aromatic N) is 3. The fourth-order valence-corrected chi connectivity index (χ4v) is 3.15. The van der Waals surface area contributed by atoms with Gasteiger partial charge in [-0.25, -0.2) is 9.67 Å². The van der Waals surface area contributed by atoms with Crippen LogP contribution < -0.4 is 5.32 Å². The van der Waals surface area contributed by atoms with Gasteiger partial charge in [0.25, 0.3) is 5.91 Å². The van der Waals surface area contributed by atoms with Crippen molar-refractivity contribution in [3.63, 3.8) is 0 Å². The van der Waals surface area contributed by atoms with Crippen LogP contribution in [0.3, 0.4) is 0 Å². The summed E-state index contributed by atoms with van der Waals surface area (Å²) in [6.07, 6.45) is -3.40. The molecule has 3 heterocycles. The number of pyridine rings is 1. The van der Waals surface area contributed by atoms with Crippen molar-refractivity contribution in [3.8, 4) is 10.6 Å². The van der Waals surface area contributed by atoms with Gasteiger partial charge >= 0.3 is 6.18 Å². The molecule has 27 heavy (non-hydrogen) atoms. The third-order valence-corrected chi connectivity index (χ3v) is 5.02. The first-order valence-corrected chi connectivity index (χ1v) is 8.99. The van der Waals surface area contributed by atoms with Gasteiger partial charge in [-0.1, -0.05) is 6.07 Å². The highest BCUT2D eigenvalue weighted by Gasteiger charge is 2.50. The minimum Gasteiger partial charge on any atom is -0.379 e. The summed E-state index contributed by atoms with van der Waals surface area (Å²) >= 11 is 1.43. The van der Waals surface area contributed by atoms with Gasteiger partial charge in [-0.15, -0.1) is 11.3 Å². The zero-order valence-corrected chi connectivity index (χ0v) is 15.4. The van der Waals surface area contributed by atoms with Crippen molar-refractivity contribution in [2.75, 3.05) is 6.54 Å². The minimum absolute atomic E-state index is 0.154. The molecule has 2 N–H and O–H groups in total. The number of nitrogens with one attached hydrogen (secondary N) is 1. The molecule has 0 aliphatic heterocycles. The van der Waals surface area contributed by atoms with Gasteiger partial charge in [0.1, 0.15) is 0 Å². The molecule has 0 aliphatic rings. The molecule has 0 aliphatic carbocycles. The molecule has 1 amide bonds. The maximum atomic E-state index is 12.8. The normalized spacial score (nSPS) is 14.3. The van der Waals surface area contributed by atoms with E-state index in [2.05, 4.69) is 15.4 Å². The summed E-state index contributed by atoms with van der Waals surface area (Å²) in [5.41, 5.74) is -1.88. The van der Waals surface area contributed by atoms with Crippen molar-refractivity contribution < 1.29 is 23.1 Å². The second-order valence-corrected chi connectivity index (χ2v) is 7.13. The van der Waals surface area contributed by atoms with E-state index in [-0.39, 0.29) is 5.56 Å². The predicted molar refractivity (Wildman–Crippen MR) is 95.5 cm³/mol. The Labute approximate surface area is 156 Å². The topological polar surface area (TPSA) is 80.0 Å². The Kier molecular flexibility index (Phi) is 4.96. The number of hydrogen-bond donors (Lipinski definition) is 2. The van der Waals surface area contributed by atoms with Gasteiger partial charge < -0.3 is 10.4 Å². The molecule has 0 bridgehead atoms. The summed E-state index contributed by atoms with van der Waals surface area (Å²) in [4.78, 5) is 18.0. The molecule has 6 nitrogen and oxygen atoms in total. The average Bonchev–Trinajstić information content (AvgIpc) is 3.27. The minimum atomic E-state index is -4.86. The summed E-state index contributed by atoms with van der Waals surface area (Å²) in [6, 6.07) is 5.19. The second-order valence-electron chi connectivity index (χ2n) is 6.18. The van der Waals surface area contributed by atoms with E-state index in [1.54, 1.807) is 4.68 Å². The summed E-state index contributed by atoms with van der Waals surface area (Å²) < 4.78 is 40.1. The maximum absolute atomic E-state index is 12.8. The van der Waals surface area contributed by atoms with Crippen molar-refractivity contribution in [3.05, 3.63) is 35.3 Å². The lowest BCUT2D eigenvalue weighted by molar-refractivity contribution is -0.249. The average molecular weight is 398 g/mol. The number of aliphatic hydroxyl groups is 1. The Bertz CT molecular complexity index is 965. The molecule has 1 unspecified atom stereocenters. The van der Waals surface area contributed by atoms with Crippen LogP contribution in [0.25, 0.3) is 21.6 Å². The van der Waals surface area contributed by atoms with Crippen LogP contribution in [0.15, 0.2) is 29.8 Å². The monoisotopic (exact) mass is 398 g/mol. The first-order chi connectivity index (χ1) is 12.6. The Morgan fingerprint density at radius 3 is 2.74 bits per heavy atom. The molecule has 10 heteroatoms. The largest absolute Gasteiger partial charge is 0.418 e. The van der Waals surface area contributed by atoms with Gasteiger partial charge in [0, 0.05) is 6.54 Å². The molecule has 3 aromatic heterocycles. The summed E-state index contributed by atoms with van der Waals surface area (Å²) in [5, 5.41) is 18.2. The maximum Gasteiger partial charge on any atom is 0.418 e. The highest BCUT2D eigenvalue weighted by molar-refractivity contribution is 7.13. The van der Waals surface area contributed by atoms with Gasteiger partial charge in [-0.05, 0) is 31.4 Å². The van der Waals surface area contributed by atoms with Crippen LogP contribution >= 0.6 is 11.3 Å². The third-order valence-electron chi connectivity index (χ3n) is 4.13. The highest BCUT2D eigenvalue weighted by Crippen LogP contribution is 2.30. The Hall–Kier alpha value is -2.46. The molecule has 0 saturated heterocycles. The van der Waals surface area contributed by atoms with E-state index in [1.807, 2.05) is 24.4 Å². The smallest absolute Gasteiger partial charge is 0.379 e. The third kappa shape index (κ3) is 3.67. The molecule has 0 saturated carbocycles. The van der Waals surface area contributed by atoms with E-state index in [1.165, 1.54) is 23.6 Å². The van der Waals surface area contributed by atoms with E-state index in [4.69, 9.17) is 0 Å². The van der Waals surface area contributed by atoms with Crippen LogP contribution in [0.2, 0.25) is 0 Å². The van der Waals surface area contributed by atoms with Crippen molar-refractivity contribution in [2.45, 2.75) is 32.2 Å². The molecule has 0 aromatic carbocycles. The summed E-state index contributed by atoms with van der Waals surface area (Å²) in [6.45, 7) is 2.04. The van der Waals surface area contributed by atoms with Crippen LogP contribution in [-0.4, -0.2) is 44.1 Å². The van der Waals surface area contributed by atoms with E-state index in [9.17, 15) is 23.1 Å². The molecular formula is C17H17F3N4O2S. The fourth-order valence-electron chi connectivity index (χ4n) is 2.47. The van der Waals surface area contributed by atoms with Gasteiger partial charge in [0.2, 0.25) is 0 Å². The van der Waals surface area contributed by atoms with Gasteiger partial charge in [0.15, 0.2) is 11.2 Å². The molecule has 3 rings (SSSR count). The number of aromatic nitrogens is 3. The standard InChI is InChI=1S/C17H17F3N4O2S/c1-3-24-14-11(8-22-24)10(7-12(23-14)13-5-4-6-27-13)15(25)21-9-16(2,26)17(18,19)20/h4-8,26H,3,9H2,1-2H3,(H,21,25). The summed E-state index contributed by atoms with van der Waals surface area (Å²) in [7, 11) is 0. The van der Waals surface area contributed by atoms with Gasteiger partial charge in [0.05, 0.1) is 34.3 Å². The number of fused-ring (bicyclic) bond motifs is 1. The fraction of sp³-hybridized carbons (Fsp3) is 0.353. The van der Waals surface area contributed by atoms with Crippen LogP contribution in [-0.2, 0) is 6.54 Å². The number of rotatable bonds is 5. The summed E-state index contributed by atoms with van der Waals surface area (Å²) in [5.74, 6) is -0.736. The van der Waals surface area contributed by atoms with E-state index < -0.39 is 24.2 Å². The Balaban J connectivity index is 2.00. The van der Waals surface area contributed by atoms with E-state index in [0.717, 1.165) is 4.88 Å². The number of thiophene rings is 1. The van der Waals surface area contributed by atoms with Gasteiger partial charge in [-0.2, -0.15) is 18.3 Å². The lowest BCUT2D eigenvalue weighted by atomic mass is 10.1. The highest BCUT2D eigenvalue weighted by atomic mass is 32.1. The van der Waals surface area contributed by atoms with Crippen molar-refractivity contribution in [1.82, 2.24) is 20.1 Å². The Morgan fingerprint density at radius 1 is 1.41 bits per heavy atom. The first-order valence-electron chi connectivity index (χ1n) is 8.12. The number of hydrogen-bond acceptors (Lipinski definition) is 5. The lowest BCUT2D eigenvalue weighted by Gasteiger charge is -2.26. The number of carbonyl (C=O) groups is 1. The Morgan fingerprint density at radius 2 is 2.15 bits per heavy atom. The van der Waals surface area contributed by atoms with Crippen molar-refractivity contribution >= 4 is 28.3 Å². The van der Waals surface area contributed by atoms with Crippen molar-refractivity contribution in [2.24, 2.45) is 0 Å². The molecule has 144 valence electrons. The quantitative estimate of drug-likeness (QED) is 0.692. The number of alkyl halides is 3. The molecule has 0 radical (unpaired) electrons. The molecule has 0 spiro atoms. The number of halogens is 3.